The van der Waals surface area contributed by atoms with Crippen molar-refractivity contribution in [1.29, 1.82) is 0 Å². The summed E-state index contributed by atoms with van der Waals surface area (Å²) in [5.74, 6) is 0.512. The fourth-order valence-corrected chi connectivity index (χ4v) is 4.47. The van der Waals surface area contributed by atoms with Crippen LogP contribution in [-0.4, -0.2) is 64.2 Å². The number of fused-ring (bicyclic) bond motifs is 1. The molecule has 0 spiro atoms. The molecule has 1 aromatic carbocycles. The third kappa shape index (κ3) is 4.53. The first-order valence-electron chi connectivity index (χ1n) is 10.6. The predicted octanol–water partition coefficient (Wildman–Crippen LogP) is 3.60. The van der Waals surface area contributed by atoms with Gasteiger partial charge in [0.05, 0.1) is 0 Å². The van der Waals surface area contributed by atoms with E-state index in [1.54, 1.807) is 36.7 Å². The number of anilines is 2. The number of nitrogens with one attached hydrogen (secondary N) is 1. The lowest BCUT2D eigenvalue weighted by atomic mass is 10.1. The molecule has 10 heteroatoms. The van der Waals surface area contributed by atoms with Gasteiger partial charge in [0.2, 0.25) is 0 Å². The Labute approximate surface area is 194 Å². The summed E-state index contributed by atoms with van der Waals surface area (Å²) in [6.45, 7) is 5.48. The van der Waals surface area contributed by atoms with Crippen LogP contribution in [0, 0.1) is 12.7 Å². The second-order valence-electron chi connectivity index (χ2n) is 8.02. The van der Waals surface area contributed by atoms with Crippen molar-refractivity contribution in [1.82, 2.24) is 25.1 Å². The van der Waals surface area contributed by atoms with Crippen LogP contribution in [0.2, 0.25) is 0 Å². The van der Waals surface area contributed by atoms with Gasteiger partial charge in [0.25, 0.3) is 5.91 Å². The van der Waals surface area contributed by atoms with Crippen molar-refractivity contribution >= 4 is 39.7 Å². The number of aromatic nitrogens is 4. The van der Waals surface area contributed by atoms with Gasteiger partial charge in [-0.05, 0) is 49.7 Å². The lowest BCUT2D eigenvalue weighted by molar-refractivity contribution is 0.102. The Morgan fingerprint density at radius 3 is 2.64 bits per heavy atom. The molecule has 0 unspecified atom stereocenters. The van der Waals surface area contributed by atoms with Crippen molar-refractivity contribution in [2.45, 2.75) is 6.92 Å². The van der Waals surface area contributed by atoms with Gasteiger partial charge in [-0.1, -0.05) is 11.3 Å². The molecule has 4 heterocycles. The molecule has 1 fully saturated rings. The lowest BCUT2D eigenvalue weighted by Crippen LogP contribution is -2.44. The highest BCUT2D eigenvalue weighted by atomic mass is 32.1. The van der Waals surface area contributed by atoms with E-state index in [1.165, 1.54) is 17.4 Å². The van der Waals surface area contributed by atoms with Gasteiger partial charge in [-0.2, -0.15) is 0 Å². The van der Waals surface area contributed by atoms with Crippen LogP contribution in [-0.2, 0) is 0 Å². The van der Waals surface area contributed by atoms with Crippen molar-refractivity contribution < 1.29 is 9.18 Å². The van der Waals surface area contributed by atoms with Crippen LogP contribution in [0.15, 0.2) is 42.7 Å². The van der Waals surface area contributed by atoms with E-state index in [-0.39, 0.29) is 11.7 Å². The van der Waals surface area contributed by atoms with Gasteiger partial charge < -0.3 is 15.1 Å². The van der Waals surface area contributed by atoms with Gasteiger partial charge in [-0.15, -0.1) is 10.2 Å². The fourth-order valence-electron chi connectivity index (χ4n) is 3.76. The molecular formula is C23H22FN7OS. The first-order chi connectivity index (χ1) is 16.0. The van der Waals surface area contributed by atoms with Crippen LogP contribution in [0.25, 0.3) is 21.3 Å². The van der Waals surface area contributed by atoms with Crippen LogP contribution in [0.1, 0.15) is 15.4 Å². The van der Waals surface area contributed by atoms with Crippen LogP contribution >= 0.6 is 11.3 Å². The summed E-state index contributed by atoms with van der Waals surface area (Å²) in [7, 11) is 2.09. The number of amides is 1. The van der Waals surface area contributed by atoms with E-state index in [9.17, 15) is 9.18 Å². The number of piperazine rings is 1. The molecule has 4 aromatic rings. The molecule has 1 aliphatic rings. The Bertz CT molecular complexity index is 1330. The molecule has 0 saturated carbocycles. The monoisotopic (exact) mass is 463 g/mol. The molecule has 0 aliphatic carbocycles. The minimum absolute atomic E-state index is 0.276. The highest BCUT2D eigenvalue weighted by molar-refractivity contribution is 7.14. The molecule has 8 nitrogen and oxygen atoms in total. The molecule has 0 bridgehead atoms. The number of nitrogens with zero attached hydrogens (tertiary/aromatic N) is 6. The SMILES string of the molecule is Cc1nnc(-c2cc3cc(NC(=O)c4ccnc(N5CCN(C)CC5)c4)ncc3cc2F)s1. The Morgan fingerprint density at radius 1 is 1.06 bits per heavy atom. The molecule has 0 radical (unpaired) electrons. The van der Waals surface area contributed by atoms with Crippen LogP contribution < -0.4 is 10.2 Å². The van der Waals surface area contributed by atoms with Gasteiger partial charge >= 0.3 is 0 Å². The van der Waals surface area contributed by atoms with Crippen molar-refractivity contribution in [3.05, 3.63) is 59.1 Å². The molecule has 0 atom stereocenters. The lowest BCUT2D eigenvalue weighted by Gasteiger charge is -2.33. The minimum atomic E-state index is -0.384. The number of benzene rings is 1. The summed E-state index contributed by atoms with van der Waals surface area (Å²) in [5, 5.41) is 13.5. The van der Waals surface area contributed by atoms with Crippen molar-refractivity contribution in [2.75, 3.05) is 43.4 Å². The Hall–Kier alpha value is -3.50. The predicted molar refractivity (Wildman–Crippen MR) is 127 cm³/mol. The van der Waals surface area contributed by atoms with E-state index in [0.29, 0.717) is 27.3 Å². The quantitative estimate of drug-likeness (QED) is 0.495. The third-order valence-corrected chi connectivity index (χ3v) is 6.51. The fraction of sp³-hybridized carbons (Fsp3) is 0.261. The summed E-state index contributed by atoms with van der Waals surface area (Å²) >= 11 is 1.33. The second-order valence-corrected chi connectivity index (χ2v) is 9.20. The maximum absolute atomic E-state index is 14.6. The minimum Gasteiger partial charge on any atom is -0.354 e. The van der Waals surface area contributed by atoms with Crippen LogP contribution in [0.3, 0.4) is 0 Å². The Kier molecular flexibility index (Phi) is 5.69. The van der Waals surface area contributed by atoms with Crippen molar-refractivity contribution in [3.8, 4) is 10.6 Å². The van der Waals surface area contributed by atoms with Gasteiger partial charge in [0, 0.05) is 55.1 Å². The van der Waals surface area contributed by atoms with Gasteiger partial charge in [0.1, 0.15) is 22.5 Å². The van der Waals surface area contributed by atoms with E-state index in [1.807, 2.05) is 6.92 Å². The molecule has 1 N–H and O–H groups in total. The number of aryl methyl sites for hydroxylation is 1. The molecule has 3 aromatic heterocycles. The first-order valence-corrected chi connectivity index (χ1v) is 11.4. The van der Waals surface area contributed by atoms with Gasteiger partial charge in [-0.3, -0.25) is 4.79 Å². The molecular weight excluding hydrogens is 441 g/mol. The molecule has 168 valence electrons. The second kappa shape index (κ2) is 8.80. The molecule has 33 heavy (non-hydrogen) atoms. The number of rotatable bonds is 4. The van der Waals surface area contributed by atoms with Gasteiger partial charge in [0.15, 0.2) is 5.01 Å². The van der Waals surface area contributed by atoms with E-state index in [0.717, 1.165) is 42.4 Å². The van der Waals surface area contributed by atoms with Crippen LogP contribution in [0.4, 0.5) is 16.0 Å². The molecule has 1 amide bonds. The molecule has 5 rings (SSSR count). The maximum atomic E-state index is 14.6. The maximum Gasteiger partial charge on any atom is 0.257 e. The average Bonchev–Trinajstić information content (AvgIpc) is 3.25. The van der Waals surface area contributed by atoms with E-state index < -0.39 is 0 Å². The summed E-state index contributed by atoms with van der Waals surface area (Å²) in [5.41, 5.74) is 0.882. The summed E-state index contributed by atoms with van der Waals surface area (Å²) < 4.78 is 14.6. The van der Waals surface area contributed by atoms with E-state index >= 15 is 0 Å². The normalized spacial score (nSPS) is 14.6. The number of carbonyl (C=O) groups excluding carboxylic acids is 1. The van der Waals surface area contributed by atoms with Crippen LogP contribution in [0.5, 0.6) is 0 Å². The third-order valence-electron chi connectivity index (χ3n) is 5.64. The van der Waals surface area contributed by atoms with Crippen molar-refractivity contribution in [3.63, 3.8) is 0 Å². The number of carbonyl (C=O) groups is 1. The van der Waals surface area contributed by atoms with E-state index in [2.05, 4.69) is 42.3 Å². The van der Waals surface area contributed by atoms with Gasteiger partial charge in [-0.25, -0.2) is 14.4 Å². The number of pyridine rings is 2. The number of halogens is 1. The zero-order valence-electron chi connectivity index (χ0n) is 18.2. The highest BCUT2D eigenvalue weighted by Gasteiger charge is 2.17. The molecule has 1 aliphatic heterocycles. The largest absolute Gasteiger partial charge is 0.354 e. The average molecular weight is 464 g/mol. The summed E-state index contributed by atoms with van der Waals surface area (Å²) in [6.07, 6.45) is 3.20. The zero-order chi connectivity index (χ0) is 22.9. The zero-order valence-corrected chi connectivity index (χ0v) is 19.1. The molecule has 1 saturated heterocycles. The highest BCUT2D eigenvalue weighted by Crippen LogP contribution is 2.30. The van der Waals surface area contributed by atoms with E-state index in [4.69, 9.17) is 0 Å². The number of likely N-dealkylation sites (N-methyl/N-ethyl adjacent to an activating group) is 1. The first kappa shape index (κ1) is 21.4. The number of hydrogen-bond donors (Lipinski definition) is 1. The topological polar surface area (TPSA) is 87.1 Å². The standard InChI is InChI=1S/C23H22FN7OS/c1-14-28-29-23(33-14)18-9-16-11-20(26-13-17(16)10-19(18)24)27-22(32)15-3-4-25-21(12-15)31-7-5-30(2)6-8-31/h3-4,9-13H,5-8H2,1-2H3,(H,26,27,32). The summed E-state index contributed by atoms with van der Waals surface area (Å²) in [4.78, 5) is 26.1. The van der Waals surface area contributed by atoms with Crippen molar-refractivity contribution in [2.24, 2.45) is 0 Å². The number of hydrogen-bond acceptors (Lipinski definition) is 8. The Balaban J connectivity index is 1.38. The Morgan fingerprint density at radius 2 is 1.88 bits per heavy atom. The summed E-state index contributed by atoms with van der Waals surface area (Å²) in [6, 6.07) is 8.34. The smallest absolute Gasteiger partial charge is 0.257 e.